The van der Waals surface area contributed by atoms with Crippen LogP contribution >= 0.6 is 0 Å². The Balaban J connectivity index is 2.65. The normalized spacial score (nSPS) is 29.4. The number of unbranched alkanes of at least 4 members (excludes halogenated alkanes) is 1. The molecule has 0 amide bonds. The molecule has 0 saturated carbocycles. The summed E-state index contributed by atoms with van der Waals surface area (Å²) < 4.78 is 0. The van der Waals surface area contributed by atoms with Gasteiger partial charge in [-0.05, 0) is 39.5 Å². The summed E-state index contributed by atoms with van der Waals surface area (Å²) in [6, 6.07) is 0. The van der Waals surface area contributed by atoms with Crippen molar-refractivity contribution < 1.29 is 0 Å². The first kappa shape index (κ1) is 17.0. The second-order valence-corrected chi connectivity index (χ2v) is 7.38. The number of nitrogens with zero attached hydrogens (tertiary/aromatic N) is 1. The van der Waals surface area contributed by atoms with Gasteiger partial charge in [0, 0.05) is 30.7 Å². The maximum Gasteiger partial charge on any atom is 0.0278 e. The van der Waals surface area contributed by atoms with Gasteiger partial charge >= 0.3 is 0 Å². The van der Waals surface area contributed by atoms with E-state index < -0.39 is 0 Å². The van der Waals surface area contributed by atoms with Crippen LogP contribution in [0.1, 0.15) is 73.6 Å². The lowest BCUT2D eigenvalue weighted by Crippen LogP contribution is -2.67. The summed E-state index contributed by atoms with van der Waals surface area (Å²) in [5.74, 6) is 0.874. The number of hydrogen-bond acceptors (Lipinski definition) is 2. The Labute approximate surface area is 121 Å². The highest BCUT2D eigenvalue weighted by Crippen LogP contribution is 2.28. The third-order valence-corrected chi connectivity index (χ3v) is 5.15. The van der Waals surface area contributed by atoms with Gasteiger partial charge in [-0.15, -0.1) is 0 Å². The molecule has 1 heterocycles. The molecule has 0 aliphatic carbocycles. The van der Waals surface area contributed by atoms with E-state index >= 15 is 0 Å². The van der Waals surface area contributed by atoms with Crippen LogP contribution in [0.15, 0.2) is 0 Å². The molecule has 114 valence electrons. The fourth-order valence-corrected chi connectivity index (χ4v) is 3.01. The molecule has 2 atom stereocenters. The SMILES string of the molecule is CCCCC(CC)CN1CC(C)(CC)NCC1(C)C. The molecular formula is C17H36N2. The van der Waals surface area contributed by atoms with E-state index in [4.69, 9.17) is 0 Å². The van der Waals surface area contributed by atoms with E-state index in [0.717, 1.165) is 12.5 Å². The fraction of sp³-hybridized carbons (Fsp3) is 1.00. The van der Waals surface area contributed by atoms with E-state index in [-0.39, 0.29) is 0 Å². The third kappa shape index (κ3) is 4.75. The van der Waals surface area contributed by atoms with E-state index in [1.807, 2.05) is 0 Å². The second-order valence-electron chi connectivity index (χ2n) is 7.38. The lowest BCUT2D eigenvalue weighted by atomic mass is 9.86. The van der Waals surface area contributed by atoms with Crippen molar-refractivity contribution in [3.8, 4) is 0 Å². The molecule has 0 aromatic heterocycles. The van der Waals surface area contributed by atoms with Crippen LogP contribution < -0.4 is 5.32 Å². The predicted molar refractivity (Wildman–Crippen MR) is 85.7 cm³/mol. The summed E-state index contributed by atoms with van der Waals surface area (Å²) in [7, 11) is 0. The van der Waals surface area contributed by atoms with Gasteiger partial charge in [-0.25, -0.2) is 0 Å². The molecule has 1 fully saturated rings. The molecule has 0 aromatic carbocycles. The molecule has 19 heavy (non-hydrogen) atoms. The van der Waals surface area contributed by atoms with Gasteiger partial charge in [-0.2, -0.15) is 0 Å². The molecule has 1 N–H and O–H groups in total. The highest BCUT2D eigenvalue weighted by atomic mass is 15.3. The zero-order chi connectivity index (χ0) is 14.5. The zero-order valence-electron chi connectivity index (χ0n) is 14.2. The monoisotopic (exact) mass is 268 g/mol. The van der Waals surface area contributed by atoms with E-state index in [1.54, 1.807) is 0 Å². The molecule has 2 nitrogen and oxygen atoms in total. The quantitative estimate of drug-likeness (QED) is 0.749. The Kier molecular flexibility index (Phi) is 6.32. The lowest BCUT2D eigenvalue weighted by molar-refractivity contribution is 0.0172. The Bertz CT molecular complexity index is 262. The van der Waals surface area contributed by atoms with Crippen LogP contribution in [0, 0.1) is 5.92 Å². The van der Waals surface area contributed by atoms with Crippen molar-refractivity contribution in [2.24, 2.45) is 5.92 Å². The summed E-state index contributed by atoms with van der Waals surface area (Å²) in [6.07, 6.45) is 6.65. The summed E-state index contributed by atoms with van der Waals surface area (Å²) in [5, 5.41) is 3.76. The van der Waals surface area contributed by atoms with Crippen LogP contribution in [0.5, 0.6) is 0 Å². The first-order chi connectivity index (χ1) is 8.87. The summed E-state index contributed by atoms with van der Waals surface area (Å²) in [6.45, 7) is 17.7. The fourth-order valence-electron chi connectivity index (χ4n) is 3.01. The number of hydrogen-bond donors (Lipinski definition) is 1. The van der Waals surface area contributed by atoms with E-state index in [2.05, 4.69) is 51.8 Å². The van der Waals surface area contributed by atoms with E-state index in [9.17, 15) is 0 Å². The van der Waals surface area contributed by atoms with Gasteiger partial charge in [0.15, 0.2) is 0 Å². The first-order valence-electron chi connectivity index (χ1n) is 8.37. The smallest absolute Gasteiger partial charge is 0.0278 e. The molecule has 0 spiro atoms. The van der Waals surface area contributed by atoms with Crippen molar-refractivity contribution in [3.05, 3.63) is 0 Å². The largest absolute Gasteiger partial charge is 0.308 e. The maximum absolute atomic E-state index is 3.76. The standard InChI is InChI=1S/C17H36N2/c1-7-10-11-15(8-2)12-19-14-17(6,9-3)18-13-16(19,4)5/h15,18H,7-14H2,1-6H3. The van der Waals surface area contributed by atoms with E-state index in [0.29, 0.717) is 11.1 Å². The minimum Gasteiger partial charge on any atom is -0.308 e. The van der Waals surface area contributed by atoms with Crippen molar-refractivity contribution in [1.29, 1.82) is 0 Å². The topological polar surface area (TPSA) is 15.3 Å². The minimum atomic E-state index is 0.300. The van der Waals surface area contributed by atoms with Gasteiger partial charge < -0.3 is 5.32 Å². The van der Waals surface area contributed by atoms with Crippen molar-refractivity contribution in [1.82, 2.24) is 10.2 Å². The van der Waals surface area contributed by atoms with Gasteiger partial charge in [-0.3, -0.25) is 4.90 Å². The molecule has 0 radical (unpaired) electrons. The number of rotatable bonds is 7. The number of piperazine rings is 1. The van der Waals surface area contributed by atoms with Crippen molar-refractivity contribution in [2.75, 3.05) is 19.6 Å². The average Bonchev–Trinajstić information content (AvgIpc) is 2.39. The van der Waals surface area contributed by atoms with Crippen LogP contribution in [-0.4, -0.2) is 35.6 Å². The van der Waals surface area contributed by atoms with Crippen LogP contribution in [0.3, 0.4) is 0 Å². The summed E-state index contributed by atoms with van der Waals surface area (Å²) >= 11 is 0. The Morgan fingerprint density at radius 3 is 2.37 bits per heavy atom. The maximum atomic E-state index is 3.76. The first-order valence-corrected chi connectivity index (χ1v) is 8.37. The van der Waals surface area contributed by atoms with Gasteiger partial charge in [-0.1, -0.05) is 40.0 Å². The molecule has 1 aliphatic rings. The molecule has 1 rings (SSSR count). The molecule has 0 aromatic rings. The summed E-state index contributed by atoms with van der Waals surface area (Å²) in [5.41, 5.74) is 0.604. The second kappa shape index (κ2) is 7.08. The lowest BCUT2D eigenvalue weighted by Gasteiger charge is -2.51. The van der Waals surface area contributed by atoms with Crippen LogP contribution in [0.2, 0.25) is 0 Å². The number of nitrogens with one attached hydrogen (secondary N) is 1. The van der Waals surface area contributed by atoms with Crippen molar-refractivity contribution in [3.63, 3.8) is 0 Å². The zero-order valence-corrected chi connectivity index (χ0v) is 14.2. The van der Waals surface area contributed by atoms with Gasteiger partial charge in [0.1, 0.15) is 0 Å². The third-order valence-electron chi connectivity index (χ3n) is 5.15. The Hall–Kier alpha value is -0.0800. The minimum absolute atomic E-state index is 0.300. The molecular weight excluding hydrogens is 232 g/mol. The molecule has 2 unspecified atom stereocenters. The van der Waals surface area contributed by atoms with Gasteiger partial charge in [0.05, 0.1) is 0 Å². The van der Waals surface area contributed by atoms with Gasteiger partial charge in [0.25, 0.3) is 0 Å². The highest BCUT2D eigenvalue weighted by Gasteiger charge is 2.39. The van der Waals surface area contributed by atoms with Crippen molar-refractivity contribution >= 4 is 0 Å². The van der Waals surface area contributed by atoms with E-state index in [1.165, 1.54) is 45.2 Å². The molecule has 1 aliphatic heterocycles. The van der Waals surface area contributed by atoms with Gasteiger partial charge in [0.2, 0.25) is 0 Å². The van der Waals surface area contributed by atoms with Crippen LogP contribution in [0.4, 0.5) is 0 Å². The highest BCUT2D eigenvalue weighted by molar-refractivity contribution is 4.99. The van der Waals surface area contributed by atoms with Crippen LogP contribution in [0.25, 0.3) is 0 Å². The Morgan fingerprint density at radius 1 is 1.16 bits per heavy atom. The predicted octanol–water partition coefficient (Wildman–Crippen LogP) is 4.06. The molecule has 2 heteroatoms. The van der Waals surface area contributed by atoms with Crippen LogP contribution in [-0.2, 0) is 0 Å². The molecule has 0 bridgehead atoms. The summed E-state index contributed by atoms with van der Waals surface area (Å²) in [4.78, 5) is 2.75. The van der Waals surface area contributed by atoms with Crippen molar-refractivity contribution in [2.45, 2.75) is 84.7 Å². The average molecular weight is 268 g/mol. The molecule has 1 saturated heterocycles. The Morgan fingerprint density at radius 2 is 1.84 bits per heavy atom.